The average molecular weight is 502 g/mol. The van der Waals surface area contributed by atoms with E-state index in [-0.39, 0.29) is 38.7 Å². The van der Waals surface area contributed by atoms with Crippen LogP contribution in [0.3, 0.4) is 0 Å². The number of benzene rings is 2. The summed E-state index contributed by atoms with van der Waals surface area (Å²) in [5.41, 5.74) is -1.87. The van der Waals surface area contributed by atoms with Crippen LogP contribution in [0.1, 0.15) is 29.8 Å². The maximum Gasteiger partial charge on any atom is 0.417 e. The Morgan fingerprint density at radius 3 is 2.54 bits per heavy atom. The predicted octanol–water partition coefficient (Wildman–Crippen LogP) is 5.31. The largest absolute Gasteiger partial charge is 0.429 e. The van der Waals surface area contributed by atoms with Crippen molar-refractivity contribution in [3.8, 4) is 23.5 Å². The third-order valence-corrected chi connectivity index (χ3v) is 6.41. The number of alkyl halides is 3. The summed E-state index contributed by atoms with van der Waals surface area (Å²) in [7, 11) is 0. The number of fused-ring (bicyclic) bond motifs is 1. The molecule has 1 aliphatic rings. The Hall–Kier alpha value is -3.78. The molecule has 0 atom stereocenters. The molecule has 3 N–H and O–H groups in total. The maximum absolute atomic E-state index is 15.2. The molecule has 4 rings (SSSR count). The second-order valence-electron chi connectivity index (χ2n) is 8.00. The summed E-state index contributed by atoms with van der Waals surface area (Å²) in [6.07, 6.45) is 1.45. The molecule has 1 aliphatic carbocycles. The van der Waals surface area contributed by atoms with Gasteiger partial charge >= 0.3 is 6.18 Å². The van der Waals surface area contributed by atoms with Crippen LogP contribution in [0, 0.1) is 29.0 Å². The van der Waals surface area contributed by atoms with Gasteiger partial charge in [-0.2, -0.15) is 13.2 Å². The van der Waals surface area contributed by atoms with Crippen LogP contribution >= 0.6 is 11.3 Å². The summed E-state index contributed by atoms with van der Waals surface area (Å²) in [4.78, 5) is 16.2. The number of ether oxygens (including phenoxy) is 1. The van der Waals surface area contributed by atoms with Gasteiger partial charge in [-0.3, -0.25) is 15.6 Å². The van der Waals surface area contributed by atoms with E-state index in [4.69, 9.17) is 22.0 Å². The van der Waals surface area contributed by atoms with Gasteiger partial charge in [0.25, 0.3) is 0 Å². The zero-order valence-corrected chi connectivity index (χ0v) is 18.9. The van der Waals surface area contributed by atoms with Gasteiger partial charge in [-0.25, -0.2) is 9.37 Å². The Morgan fingerprint density at radius 1 is 1.17 bits per heavy atom. The molecule has 35 heavy (non-hydrogen) atoms. The average Bonchev–Trinajstić information content (AvgIpc) is 3.42. The lowest BCUT2D eigenvalue weighted by molar-refractivity contribution is -0.137. The summed E-state index contributed by atoms with van der Waals surface area (Å²) in [6, 6.07) is 7.38. The van der Waals surface area contributed by atoms with Crippen molar-refractivity contribution in [2.45, 2.75) is 37.4 Å². The van der Waals surface area contributed by atoms with Gasteiger partial charge in [0.1, 0.15) is 22.8 Å². The molecular weight excluding hydrogens is 484 g/mol. The number of nitrogens with zero attached hydrogens (tertiary/aromatic N) is 1. The lowest BCUT2D eigenvalue weighted by Gasteiger charge is -2.13. The van der Waals surface area contributed by atoms with Gasteiger partial charge in [-0.05, 0) is 36.6 Å². The summed E-state index contributed by atoms with van der Waals surface area (Å²) >= 11 is 0.874. The fraction of sp³-hybridized carbons (Fsp3) is 0.250. The van der Waals surface area contributed by atoms with Crippen LogP contribution in [0.15, 0.2) is 36.4 Å². The number of aromatic nitrogens is 1. The fourth-order valence-corrected chi connectivity index (χ4v) is 4.50. The van der Waals surface area contributed by atoms with Gasteiger partial charge in [0.2, 0.25) is 5.91 Å². The van der Waals surface area contributed by atoms with Gasteiger partial charge in [-0.1, -0.05) is 24.1 Å². The molecule has 0 aliphatic heterocycles. The van der Waals surface area contributed by atoms with Crippen LogP contribution in [0.2, 0.25) is 0 Å². The zero-order valence-electron chi connectivity index (χ0n) is 18.1. The first kappa shape index (κ1) is 24.3. The summed E-state index contributed by atoms with van der Waals surface area (Å²) in [5.74, 6) is 0.309. The van der Waals surface area contributed by atoms with Crippen molar-refractivity contribution in [2.75, 3.05) is 0 Å². The van der Waals surface area contributed by atoms with Gasteiger partial charge in [-0.15, -0.1) is 17.8 Å². The van der Waals surface area contributed by atoms with E-state index in [0.29, 0.717) is 12.8 Å². The Balaban J connectivity index is 1.47. The number of terminal acetylenes is 1. The number of rotatable bonds is 6. The minimum Gasteiger partial charge on any atom is -0.429 e. The summed E-state index contributed by atoms with van der Waals surface area (Å²) < 4.78 is 60.5. The number of hydrogen-bond acceptors (Lipinski definition) is 6. The van der Waals surface area contributed by atoms with Gasteiger partial charge in [0.15, 0.2) is 11.8 Å². The lowest BCUT2D eigenvalue weighted by atomic mass is 9.98. The fourth-order valence-electron chi connectivity index (χ4n) is 3.50. The summed E-state index contributed by atoms with van der Waals surface area (Å²) in [5, 5.41) is 18.7. The van der Waals surface area contributed by atoms with Crippen molar-refractivity contribution in [3.05, 3.63) is 52.8 Å². The molecule has 1 heterocycles. The number of thiazole rings is 1. The van der Waals surface area contributed by atoms with Crippen molar-refractivity contribution in [1.29, 1.82) is 10.8 Å². The van der Waals surface area contributed by atoms with Crippen LogP contribution in [0.25, 0.3) is 21.3 Å². The quantitative estimate of drug-likeness (QED) is 0.184. The van der Waals surface area contributed by atoms with E-state index < -0.39 is 41.3 Å². The number of halogens is 4. The topological polar surface area (TPSA) is 98.9 Å². The van der Waals surface area contributed by atoms with E-state index in [0.717, 1.165) is 17.4 Å². The van der Waals surface area contributed by atoms with Crippen LogP contribution in [0.5, 0.6) is 0 Å². The van der Waals surface area contributed by atoms with E-state index in [1.807, 2.05) is 0 Å². The van der Waals surface area contributed by atoms with Crippen LogP contribution in [-0.4, -0.2) is 28.2 Å². The molecule has 3 aromatic rings. The van der Waals surface area contributed by atoms with Crippen molar-refractivity contribution in [3.63, 3.8) is 0 Å². The third kappa shape index (κ3) is 5.33. The molecule has 1 fully saturated rings. The SMILES string of the molecule is C#CC1(NC(=O)CC(=N)OC(=N)Cc2nc3ccc(-c4ccccc4C(F)(F)F)c(F)c3s2)CC1. The highest BCUT2D eigenvalue weighted by Gasteiger charge is 2.42. The Labute approximate surface area is 201 Å². The minimum atomic E-state index is -4.65. The number of nitrogens with one attached hydrogen (secondary N) is 3. The Bertz CT molecular complexity index is 1390. The molecule has 1 aromatic heterocycles. The minimum absolute atomic E-state index is 0.0424. The van der Waals surface area contributed by atoms with Gasteiger partial charge in [0.05, 0.1) is 22.2 Å². The normalized spacial score (nSPS) is 14.3. The molecular formula is C24H18F4N4O2S. The second kappa shape index (κ2) is 9.11. The van der Waals surface area contributed by atoms with Crippen LogP contribution < -0.4 is 5.32 Å². The number of carbonyl (C=O) groups is 1. The second-order valence-corrected chi connectivity index (χ2v) is 9.09. The first-order valence-corrected chi connectivity index (χ1v) is 11.2. The zero-order chi connectivity index (χ0) is 25.4. The molecule has 0 saturated heterocycles. The molecule has 0 unspecified atom stereocenters. The monoisotopic (exact) mass is 502 g/mol. The van der Waals surface area contributed by atoms with Crippen molar-refractivity contribution < 1.29 is 27.1 Å². The van der Waals surface area contributed by atoms with E-state index in [1.165, 1.54) is 30.3 Å². The summed E-state index contributed by atoms with van der Waals surface area (Å²) in [6.45, 7) is 0. The standard InChI is InChI=1S/C24H18F4N4O2S/c1-2-23(9-10-23)32-19(33)11-17(29)34-18(30)12-20-31-16-8-7-14(21(25)22(16)35-20)13-5-3-4-6-15(13)24(26,27)28/h1,3-8,29-30H,9-12H2,(H,32,33). The van der Waals surface area contributed by atoms with E-state index in [1.54, 1.807) is 0 Å². The number of hydrogen-bond donors (Lipinski definition) is 3. The molecule has 1 amide bonds. The molecule has 11 heteroatoms. The third-order valence-electron chi connectivity index (χ3n) is 5.35. The van der Waals surface area contributed by atoms with Crippen LogP contribution in [0.4, 0.5) is 17.6 Å². The van der Waals surface area contributed by atoms with Gasteiger partial charge < -0.3 is 10.1 Å². The molecule has 2 aromatic carbocycles. The highest BCUT2D eigenvalue weighted by molar-refractivity contribution is 7.18. The molecule has 6 nitrogen and oxygen atoms in total. The molecule has 0 spiro atoms. The molecule has 0 radical (unpaired) electrons. The highest BCUT2D eigenvalue weighted by atomic mass is 32.1. The number of amides is 1. The van der Waals surface area contributed by atoms with E-state index >= 15 is 4.39 Å². The Kier molecular flexibility index (Phi) is 6.34. The molecule has 0 bridgehead atoms. The number of carbonyl (C=O) groups excluding carboxylic acids is 1. The predicted molar refractivity (Wildman–Crippen MR) is 124 cm³/mol. The molecule has 180 valence electrons. The first-order valence-electron chi connectivity index (χ1n) is 10.4. The van der Waals surface area contributed by atoms with Crippen molar-refractivity contribution in [2.24, 2.45) is 0 Å². The van der Waals surface area contributed by atoms with Crippen molar-refractivity contribution in [1.82, 2.24) is 10.3 Å². The van der Waals surface area contributed by atoms with Crippen molar-refractivity contribution >= 4 is 39.3 Å². The van der Waals surface area contributed by atoms with Crippen LogP contribution in [-0.2, 0) is 22.1 Å². The Morgan fingerprint density at radius 2 is 1.89 bits per heavy atom. The van der Waals surface area contributed by atoms with Gasteiger partial charge in [0, 0.05) is 5.56 Å². The maximum atomic E-state index is 15.2. The van der Waals surface area contributed by atoms with E-state index in [2.05, 4.69) is 16.2 Å². The van der Waals surface area contributed by atoms with E-state index in [9.17, 15) is 18.0 Å². The highest BCUT2D eigenvalue weighted by Crippen LogP contribution is 2.40. The lowest BCUT2D eigenvalue weighted by Crippen LogP contribution is -2.37. The first-order chi connectivity index (χ1) is 16.5. The molecule has 1 saturated carbocycles. The smallest absolute Gasteiger partial charge is 0.417 e.